The SMILES string of the molecule is COc1ccc(NS(=O)(=O)c2nnc(NC(C)=O)s2)cc1S(=O)(=O)N1CCCCC1. The monoisotopic (exact) mass is 475 g/mol. The van der Waals surface area contributed by atoms with Crippen molar-refractivity contribution in [2.75, 3.05) is 30.2 Å². The summed E-state index contributed by atoms with van der Waals surface area (Å²) in [4.78, 5) is 11.0. The van der Waals surface area contributed by atoms with Crippen LogP contribution >= 0.6 is 11.3 Å². The molecule has 11 nitrogen and oxygen atoms in total. The molecule has 3 rings (SSSR count). The number of ether oxygens (including phenoxy) is 1. The number of methoxy groups -OCH3 is 1. The van der Waals surface area contributed by atoms with Crippen molar-refractivity contribution >= 4 is 48.1 Å². The highest BCUT2D eigenvalue weighted by molar-refractivity contribution is 7.94. The zero-order valence-corrected chi connectivity index (χ0v) is 18.7. The van der Waals surface area contributed by atoms with E-state index in [0.717, 1.165) is 19.3 Å². The second kappa shape index (κ2) is 8.83. The summed E-state index contributed by atoms with van der Waals surface area (Å²) in [7, 11) is -6.65. The maximum Gasteiger partial charge on any atom is 0.291 e. The number of nitrogens with zero attached hydrogens (tertiary/aromatic N) is 3. The highest BCUT2D eigenvalue weighted by atomic mass is 32.2. The molecule has 0 atom stereocenters. The third-order valence-electron chi connectivity index (χ3n) is 4.27. The Hall–Kier alpha value is -2.29. The lowest BCUT2D eigenvalue weighted by molar-refractivity contribution is -0.114. The second-order valence-corrected chi connectivity index (χ2v) is 11.2. The number of piperidine rings is 1. The van der Waals surface area contributed by atoms with E-state index in [1.54, 1.807) is 0 Å². The van der Waals surface area contributed by atoms with Crippen LogP contribution < -0.4 is 14.8 Å². The highest BCUT2D eigenvalue weighted by Crippen LogP contribution is 2.32. The summed E-state index contributed by atoms with van der Waals surface area (Å²) in [6, 6.07) is 4.00. The second-order valence-electron chi connectivity index (χ2n) is 6.49. The van der Waals surface area contributed by atoms with Gasteiger partial charge in [0, 0.05) is 20.0 Å². The molecule has 164 valence electrons. The third-order valence-corrected chi connectivity index (χ3v) is 8.78. The molecule has 1 aromatic carbocycles. The van der Waals surface area contributed by atoms with Crippen LogP contribution in [0.4, 0.5) is 10.8 Å². The standard InChI is InChI=1S/C16H21N5O6S3/c1-11(22)17-15-18-19-16(28-15)29(23,24)20-12-6-7-13(27-2)14(10-12)30(25,26)21-8-4-3-5-9-21/h6-7,10,20H,3-5,8-9H2,1-2H3,(H,17,18,22). The van der Waals surface area contributed by atoms with Gasteiger partial charge in [-0.2, -0.15) is 12.7 Å². The van der Waals surface area contributed by atoms with Gasteiger partial charge in [-0.3, -0.25) is 9.52 Å². The molecule has 1 saturated heterocycles. The van der Waals surface area contributed by atoms with Gasteiger partial charge in [-0.05, 0) is 31.0 Å². The summed E-state index contributed by atoms with van der Waals surface area (Å²) in [5.74, 6) is -0.293. The van der Waals surface area contributed by atoms with Gasteiger partial charge in [-0.1, -0.05) is 17.8 Å². The predicted molar refractivity (Wildman–Crippen MR) is 111 cm³/mol. The Morgan fingerprint density at radius 2 is 1.83 bits per heavy atom. The van der Waals surface area contributed by atoms with Crippen LogP contribution in [0.15, 0.2) is 27.4 Å². The van der Waals surface area contributed by atoms with Crippen LogP contribution in [0.5, 0.6) is 5.75 Å². The summed E-state index contributed by atoms with van der Waals surface area (Å²) in [6.45, 7) is 2.06. The molecule has 2 N–H and O–H groups in total. The largest absolute Gasteiger partial charge is 0.495 e. The lowest BCUT2D eigenvalue weighted by Gasteiger charge is -2.26. The van der Waals surface area contributed by atoms with E-state index in [0.29, 0.717) is 24.4 Å². The summed E-state index contributed by atoms with van der Waals surface area (Å²) in [5, 5.41) is 9.56. The molecule has 2 aromatic rings. The Bertz CT molecular complexity index is 1140. The fourth-order valence-corrected chi connectivity index (χ4v) is 6.60. The molecular weight excluding hydrogens is 454 g/mol. The highest BCUT2D eigenvalue weighted by Gasteiger charge is 2.30. The molecule has 0 spiro atoms. The predicted octanol–water partition coefficient (Wildman–Crippen LogP) is 1.48. The molecule has 2 heterocycles. The van der Waals surface area contributed by atoms with Gasteiger partial charge in [0.25, 0.3) is 14.4 Å². The van der Waals surface area contributed by atoms with E-state index < -0.39 is 26.0 Å². The minimum absolute atomic E-state index is 0.0302. The Labute approximate surface area is 178 Å². The molecule has 1 aliphatic rings. The lowest BCUT2D eigenvalue weighted by Crippen LogP contribution is -2.35. The van der Waals surface area contributed by atoms with Crippen LogP contribution in [0.3, 0.4) is 0 Å². The molecular formula is C16H21N5O6S3. The van der Waals surface area contributed by atoms with E-state index in [1.165, 1.54) is 36.5 Å². The zero-order valence-electron chi connectivity index (χ0n) is 16.3. The van der Waals surface area contributed by atoms with Crippen LogP contribution in [-0.4, -0.2) is 57.4 Å². The number of nitrogens with one attached hydrogen (secondary N) is 2. The summed E-state index contributed by atoms with van der Waals surface area (Å²) < 4.78 is 59.8. The van der Waals surface area contributed by atoms with Crippen molar-refractivity contribution in [3.63, 3.8) is 0 Å². The van der Waals surface area contributed by atoms with Crippen LogP contribution in [0, 0.1) is 0 Å². The van der Waals surface area contributed by atoms with Crippen molar-refractivity contribution < 1.29 is 26.4 Å². The number of rotatable bonds is 7. The van der Waals surface area contributed by atoms with Crippen molar-refractivity contribution in [3.8, 4) is 5.75 Å². The van der Waals surface area contributed by atoms with Crippen molar-refractivity contribution in [2.45, 2.75) is 35.4 Å². The fourth-order valence-electron chi connectivity index (χ4n) is 2.90. The Morgan fingerprint density at radius 1 is 1.13 bits per heavy atom. The first-order valence-electron chi connectivity index (χ1n) is 8.95. The van der Waals surface area contributed by atoms with E-state index >= 15 is 0 Å². The Morgan fingerprint density at radius 3 is 2.47 bits per heavy atom. The van der Waals surface area contributed by atoms with Crippen LogP contribution in [-0.2, 0) is 24.8 Å². The number of amides is 1. The van der Waals surface area contributed by atoms with Gasteiger partial charge >= 0.3 is 0 Å². The Kier molecular flexibility index (Phi) is 6.59. The molecule has 1 amide bonds. The summed E-state index contributed by atoms with van der Waals surface area (Å²) in [5.41, 5.74) is 0.0302. The maximum absolute atomic E-state index is 13.1. The van der Waals surface area contributed by atoms with Gasteiger partial charge < -0.3 is 10.1 Å². The number of anilines is 2. The molecule has 1 aliphatic heterocycles. The van der Waals surface area contributed by atoms with Gasteiger partial charge in [-0.15, -0.1) is 10.2 Å². The van der Waals surface area contributed by atoms with Gasteiger partial charge in [0.05, 0.1) is 12.8 Å². The van der Waals surface area contributed by atoms with Crippen molar-refractivity contribution in [3.05, 3.63) is 18.2 Å². The topological polar surface area (TPSA) is 148 Å². The first-order chi connectivity index (χ1) is 14.1. The average molecular weight is 476 g/mol. The van der Waals surface area contributed by atoms with E-state index in [9.17, 15) is 21.6 Å². The van der Waals surface area contributed by atoms with Crippen LogP contribution in [0.25, 0.3) is 0 Å². The van der Waals surface area contributed by atoms with Crippen LogP contribution in [0.1, 0.15) is 26.2 Å². The molecule has 1 aromatic heterocycles. The first kappa shape index (κ1) is 22.4. The lowest BCUT2D eigenvalue weighted by atomic mass is 10.2. The zero-order chi connectivity index (χ0) is 21.9. The maximum atomic E-state index is 13.1. The Balaban J connectivity index is 1.91. The number of hydrogen-bond donors (Lipinski definition) is 2. The number of benzene rings is 1. The molecule has 0 bridgehead atoms. The minimum Gasteiger partial charge on any atom is -0.495 e. The van der Waals surface area contributed by atoms with Crippen molar-refractivity contribution in [2.24, 2.45) is 0 Å². The van der Waals surface area contributed by atoms with E-state index in [1.807, 2.05) is 0 Å². The van der Waals surface area contributed by atoms with Crippen molar-refractivity contribution in [1.82, 2.24) is 14.5 Å². The number of aromatic nitrogens is 2. The van der Waals surface area contributed by atoms with E-state index in [-0.39, 0.29) is 25.8 Å². The third kappa shape index (κ3) is 4.88. The van der Waals surface area contributed by atoms with Crippen LogP contribution in [0.2, 0.25) is 0 Å². The molecule has 1 fully saturated rings. The average Bonchev–Trinajstić information content (AvgIpc) is 3.17. The molecule has 30 heavy (non-hydrogen) atoms. The van der Waals surface area contributed by atoms with Crippen molar-refractivity contribution in [1.29, 1.82) is 0 Å². The normalized spacial score (nSPS) is 15.5. The summed E-state index contributed by atoms with van der Waals surface area (Å²) in [6.07, 6.45) is 2.49. The van der Waals surface area contributed by atoms with E-state index in [2.05, 4.69) is 20.2 Å². The molecule has 0 radical (unpaired) electrons. The fraction of sp³-hybridized carbons (Fsp3) is 0.438. The van der Waals surface area contributed by atoms with Gasteiger partial charge in [-0.25, -0.2) is 8.42 Å². The molecule has 0 unspecified atom stereocenters. The first-order valence-corrected chi connectivity index (χ1v) is 12.7. The van der Waals surface area contributed by atoms with Gasteiger partial charge in [0.15, 0.2) is 0 Å². The summed E-state index contributed by atoms with van der Waals surface area (Å²) >= 11 is 0.672. The van der Waals surface area contributed by atoms with Gasteiger partial charge in [0.1, 0.15) is 10.6 Å². The smallest absolute Gasteiger partial charge is 0.291 e. The minimum atomic E-state index is -4.14. The molecule has 14 heteroatoms. The number of hydrogen-bond acceptors (Lipinski definition) is 9. The number of carbonyl (C=O) groups is 1. The molecule has 0 saturated carbocycles. The quantitative estimate of drug-likeness (QED) is 0.572. The molecule has 0 aliphatic carbocycles. The van der Waals surface area contributed by atoms with E-state index in [4.69, 9.17) is 4.74 Å². The number of sulfonamides is 2. The van der Waals surface area contributed by atoms with Gasteiger partial charge in [0.2, 0.25) is 21.1 Å². The number of carbonyl (C=O) groups excluding carboxylic acids is 1.